The first kappa shape index (κ1) is 10.3. The Morgan fingerprint density at radius 3 is 2.43 bits per heavy atom. The molecule has 0 radical (unpaired) electrons. The molecule has 1 N–H and O–H groups in total. The number of hydrogen-bond acceptors (Lipinski definition) is 1. The van der Waals surface area contributed by atoms with Crippen molar-refractivity contribution >= 4 is 23.2 Å². The lowest BCUT2D eigenvalue weighted by atomic mass is 9.92. The molecule has 1 fully saturated rings. The molecule has 0 aliphatic heterocycles. The van der Waals surface area contributed by atoms with E-state index in [9.17, 15) is 5.11 Å². The molecule has 0 saturated heterocycles. The Bertz CT molecular complexity index is 343. The summed E-state index contributed by atoms with van der Waals surface area (Å²) in [6.07, 6.45) is 3.68. The molecular weight excluding hydrogens is 219 g/mol. The topological polar surface area (TPSA) is 20.2 Å². The summed E-state index contributed by atoms with van der Waals surface area (Å²) in [4.78, 5) is 0. The molecule has 0 unspecified atom stereocenters. The Morgan fingerprint density at radius 1 is 1.14 bits per heavy atom. The average Bonchev–Trinajstić information content (AvgIpc) is 2.58. The van der Waals surface area contributed by atoms with Crippen molar-refractivity contribution in [2.45, 2.75) is 31.3 Å². The van der Waals surface area contributed by atoms with E-state index in [-0.39, 0.29) is 0 Å². The van der Waals surface area contributed by atoms with Crippen molar-refractivity contribution in [2.24, 2.45) is 0 Å². The SMILES string of the molecule is OC1(c2cccc(Cl)c2Cl)CCCC1. The van der Waals surface area contributed by atoms with Gasteiger partial charge in [0.05, 0.1) is 15.6 Å². The predicted octanol–water partition coefficient (Wildman–Crippen LogP) is 3.76. The molecule has 1 nitrogen and oxygen atoms in total. The van der Waals surface area contributed by atoms with Crippen molar-refractivity contribution in [3.05, 3.63) is 33.8 Å². The summed E-state index contributed by atoms with van der Waals surface area (Å²) in [6.45, 7) is 0. The van der Waals surface area contributed by atoms with Gasteiger partial charge in [-0.3, -0.25) is 0 Å². The van der Waals surface area contributed by atoms with Crippen molar-refractivity contribution in [1.82, 2.24) is 0 Å². The van der Waals surface area contributed by atoms with Gasteiger partial charge in [-0.05, 0) is 18.9 Å². The first-order chi connectivity index (χ1) is 6.63. The van der Waals surface area contributed by atoms with Crippen LogP contribution in [0.4, 0.5) is 0 Å². The molecule has 2 rings (SSSR count). The zero-order chi connectivity index (χ0) is 10.2. The minimum Gasteiger partial charge on any atom is -0.385 e. The highest BCUT2D eigenvalue weighted by Gasteiger charge is 2.34. The van der Waals surface area contributed by atoms with E-state index in [1.807, 2.05) is 12.1 Å². The first-order valence-electron chi connectivity index (χ1n) is 4.80. The molecule has 0 atom stereocenters. The van der Waals surface area contributed by atoms with Gasteiger partial charge >= 0.3 is 0 Å². The van der Waals surface area contributed by atoms with Gasteiger partial charge in [0.2, 0.25) is 0 Å². The highest BCUT2D eigenvalue weighted by molar-refractivity contribution is 6.42. The van der Waals surface area contributed by atoms with E-state index in [1.165, 1.54) is 0 Å². The van der Waals surface area contributed by atoms with Crippen LogP contribution in [0.1, 0.15) is 31.2 Å². The normalized spacial score (nSPS) is 19.9. The molecule has 1 aromatic rings. The Hall–Kier alpha value is -0.240. The Labute approximate surface area is 93.7 Å². The van der Waals surface area contributed by atoms with Gasteiger partial charge < -0.3 is 5.11 Å². The second kappa shape index (κ2) is 3.73. The van der Waals surface area contributed by atoms with Crippen molar-refractivity contribution in [1.29, 1.82) is 0 Å². The van der Waals surface area contributed by atoms with Gasteiger partial charge in [0.25, 0.3) is 0 Å². The second-order valence-electron chi connectivity index (χ2n) is 3.84. The second-order valence-corrected chi connectivity index (χ2v) is 4.63. The number of rotatable bonds is 1. The quantitative estimate of drug-likeness (QED) is 0.780. The van der Waals surface area contributed by atoms with Crippen LogP contribution >= 0.6 is 23.2 Å². The van der Waals surface area contributed by atoms with Gasteiger partial charge in [-0.2, -0.15) is 0 Å². The molecule has 76 valence electrons. The molecule has 0 aromatic heterocycles. The maximum Gasteiger partial charge on any atom is 0.0911 e. The maximum atomic E-state index is 10.3. The van der Waals surface area contributed by atoms with Gasteiger partial charge in [0, 0.05) is 5.56 Å². The molecule has 1 aromatic carbocycles. The number of aliphatic hydroxyl groups is 1. The van der Waals surface area contributed by atoms with E-state index < -0.39 is 5.60 Å². The molecule has 0 amide bonds. The monoisotopic (exact) mass is 230 g/mol. The van der Waals surface area contributed by atoms with Gasteiger partial charge in [-0.1, -0.05) is 48.2 Å². The van der Waals surface area contributed by atoms with E-state index in [2.05, 4.69) is 0 Å². The van der Waals surface area contributed by atoms with E-state index in [1.54, 1.807) is 6.07 Å². The van der Waals surface area contributed by atoms with Crippen molar-refractivity contribution in [3.8, 4) is 0 Å². The van der Waals surface area contributed by atoms with E-state index >= 15 is 0 Å². The van der Waals surface area contributed by atoms with Crippen LogP contribution in [0.2, 0.25) is 10.0 Å². The van der Waals surface area contributed by atoms with Gasteiger partial charge in [0.1, 0.15) is 0 Å². The Kier molecular flexibility index (Phi) is 2.74. The minimum atomic E-state index is -0.748. The van der Waals surface area contributed by atoms with Crippen LogP contribution in [-0.2, 0) is 5.60 Å². The number of halogens is 2. The first-order valence-corrected chi connectivity index (χ1v) is 5.56. The summed E-state index contributed by atoms with van der Waals surface area (Å²) in [6, 6.07) is 5.44. The van der Waals surface area contributed by atoms with Crippen LogP contribution in [0.15, 0.2) is 18.2 Å². The highest BCUT2D eigenvalue weighted by Crippen LogP contribution is 2.43. The van der Waals surface area contributed by atoms with Crippen LogP contribution in [0, 0.1) is 0 Å². The van der Waals surface area contributed by atoms with Crippen LogP contribution in [0.5, 0.6) is 0 Å². The summed E-state index contributed by atoms with van der Waals surface area (Å²) in [7, 11) is 0. The fourth-order valence-electron chi connectivity index (χ4n) is 2.09. The standard InChI is InChI=1S/C11H12Cl2O/c12-9-5-3-4-8(10(9)13)11(14)6-1-2-7-11/h3-5,14H,1-2,6-7H2. The number of benzene rings is 1. The molecule has 1 aliphatic carbocycles. The molecule has 0 spiro atoms. The van der Waals surface area contributed by atoms with Crippen molar-refractivity contribution in [3.63, 3.8) is 0 Å². The largest absolute Gasteiger partial charge is 0.385 e. The Morgan fingerprint density at radius 2 is 1.79 bits per heavy atom. The molecule has 0 bridgehead atoms. The minimum absolute atomic E-state index is 0.499. The van der Waals surface area contributed by atoms with Crippen LogP contribution in [-0.4, -0.2) is 5.11 Å². The van der Waals surface area contributed by atoms with E-state index in [0.717, 1.165) is 31.2 Å². The molecule has 14 heavy (non-hydrogen) atoms. The highest BCUT2D eigenvalue weighted by atomic mass is 35.5. The summed E-state index contributed by atoms with van der Waals surface area (Å²) in [5, 5.41) is 11.3. The fraction of sp³-hybridized carbons (Fsp3) is 0.455. The zero-order valence-corrected chi connectivity index (χ0v) is 9.28. The lowest BCUT2D eigenvalue weighted by Crippen LogP contribution is -2.21. The zero-order valence-electron chi connectivity index (χ0n) is 7.76. The van der Waals surface area contributed by atoms with E-state index in [4.69, 9.17) is 23.2 Å². The average molecular weight is 231 g/mol. The third-order valence-corrected chi connectivity index (χ3v) is 3.70. The molecule has 1 aliphatic rings. The molecule has 1 saturated carbocycles. The third-order valence-electron chi connectivity index (χ3n) is 2.88. The molecular formula is C11H12Cl2O. The van der Waals surface area contributed by atoms with E-state index in [0.29, 0.717) is 10.0 Å². The lowest BCUT2D eigenvalue weighted by molar-refractivity contribution is 0.0446. The third kappa shape index (κ3) is 1.65. The van der Waals surface area contributed by atoms with Gasteiger partial charge in [-0.25, -0.2) is 0 Å². The van der Waals surface area contributed by atoms with Crippen LogP contribution in [0.3, 0.4) is 0 Å². The van der Waals surface area contributed by atoms with Crippen molar-refractivity contribution in [2.75, 3.05) is 0 Å². The maximum absolute atomic E-state index is 10.3. The summed E-state index contributed by atoms with van der Waals surface area (Å²) in [5.41, 5.74) is 0.0336. The smallest absolute Gasteiger partial charge is 0.0911 e. The van der Waals surface area contributed by atoms with Crippen LogP contribution in [0.25, 0.3) is 0 Å². The van der Waals surface area contributed by atoms with Crippen molar-refractivity contribution < 1.29 is 5.11 Å². The Balaban J connectivity index is 2.45. The van der Waals surface area contributed by atoms with Crippen LogP contribution < -0.4 is 0 Å². The van der Waals surface area contributed by atoms with Gasteiger partial charge in [0.15, 0.2) is 0 Å². The fourth-order valence-corrected chi connectivity index (χ4v) is 2.57. The summed E-state index contributed by atoms with van der Waals surface area (Å²) < 4.78 is 0. The summed E-state index contributed by atoms with van der Waals surface area (Å²) in [5.74, 6) is 0. The van der Waals surface area contributed by atoms with Gasteiger partial charge in [-0.15, -0.1) is 0 Å². The lowest BCUT2D eigenvalue weighted by Gasteiger charge is -2.24. The predicted molar refractivity (Wildman–Crippen MR) is 58.8 cm³/mol. The summed E-state index contributed by atoms with van der Waals surface area (Å²) >= 11 is 12.0. The molecule has 3 heteroatoms. The molecule has 0 heterocycles. The number of hydrogen-bond donors (Lipinski definition) is 1.